The number of hydrogen-bond donors (Lipinski definition) is 2. The van der Waals surface area contributed by atoms with Crippen molar-refractivity contribution < 1.29 is 22.7 Å². The Morgan fingerprint density at radius 1 is 1.14 bits per heavy atom. The van der Waals surface area contributed by atoms with Crippen molar-refractivity contribution in [2.24, 2.45) is 0 Å². The third-order valence-corrected chi connectivity index (χ3v) is 5.85. The summed E-state index contributed by atoms with van der Waals surface area (Å²) in [5, 5.41) is 5.45. The zero-order valence-corrected chi connectivity index (χ0v) is 17.8. The Morgan fingerprint density at radius 2 is 1.86 bits per heavy atom. The second-order valence-corrected chi connectivity index (χ2v) is 8.68. The molecular formula is C19H22ClN3O5S. The van der Waals surface area contributed by atoms with Gasteiger partial charge in [-0.1, -0.05) is 17.7 Å². The minimum atomic E-state index is -3.78. The summed E-state index contributed by atoms with van der Waals surface area (Å²) in [4.78, 5) is 24.2. The first-order chi connectivity index (χ1) is 13.6. The van der Waals surface area contributed by atoms with Gasteiger partial charge in [0.15, 0.2) is 0 Å². The third kappa shape index (κ3) is 5.93. The second kappa shape index (κ2) is 9.73. The number of sulfonamides is 1. The highest BCUT2D eigenvalue weighted by Gasteiger charge is 2.23. The molecule has 156 valence electrons. The summed E-state index contributed by atoms with van der Waals surface area (Å²) in [6, 6.07) is 10.6. The number of nitrogens with one attached hydrogen (secondary N) is 2. The molecule has 29 heavy (non-hydrogen) atoms. The molecule has 0 bridgehead atoms. The van der Waals surface area contributed by atoms with Crippen molar-refractivity contribution in [1.29, 1.82) is 0 Å². The Morgan fingerprint density at radius 3 is 2.48 bits per heavy atom. The van der Waals surface area contributed by atoms with Crippen LogP contribution >= 0.6 is 11.6 Å². The average Bonchev–Trinajstić information content (AvgIpc) is 2.67. The highest BCUT2D eigenvalue weighted by molar-refractivity contribution is 7.89. The quantitative estimate of drug-likeness (QED) is 0.657. The number of carbonyl (C=O) groups excluding carboxylic acids is 2. The maximum absolute atomic E-state index is 12.5. The number of hydrogen-bond acceptors (Lipinski definition) is 5. The Bertz CT molecular complexity index is 1010. The molecule has 8 nitrogen and oxygen atoms in total. The van der Waals surface area contributed by atoms with Gasteiger partial charge in [-0.05, 0) is 43.3 Å². The van der Waals surface area contributed by atoms with Crippen LogP contribution in [-0.4, -0.2) is 51.8 Å². The van der Waals surface area contributed by atoms with Gasteiger partial charge in [-0.25, -0.2) is 12.7 Å². The van der Waals surface area contributed by atoms with E-state index in [1.54, 1.807) is 25.1 Å². The van der Waals surface area contributed by atoms with Crippen molar-refractivity contribution in [3.8, 4) is 5.75 Å². The van der Waals surface area contributed by atoms with E-state index in [-0.39, 0.29) is 29.5 Å². The van der Waals surface area contributed by atoms with Crippen molar-refractivity contribution in [3.05, 3.63) is 53.1 Å². The zero-order chi connectivity index (χ0) is 21.6. The number of anilines is 1. The molecule has 0 atom stereocenters. The van der Waals surface area contributed by atoms with Crippen molar-refractivity contribution in [3.63, 3.8) is 0 Å². The fourth-order valence-electron chi connectivity index (χ4n) is 2.36. The molecular weight excluding hydrogens is 418 g/mol. The summed E-state index contributed by atoms with van der Waals surface area (Å²) in [5.74, 6) is -0.781. The first-order valence-electron chi connectivity index (χ1n) is 8.68. The zero-order valence-electron chi connectivity index (χ0n) is 16.2. The normalized spacial score (nSPS) is 11.2. The number of ether oxygens (including phenoxy) is 1. The molecule has 0 aliphatic carbocycles. The van der Waals surface area contributed by atoms with Gasteiger partial charge in [-0.15, -0.1) is 0 Å². The van der Waals surface area contributed by atoms with E-state index < -0.39 is 21.8 Å². The molecule has 2 amide bonds. The van der Waals surface area contributed by atoms with Crippen LogP contribution in [0.25, 0.3) is 0 Å². The van der Waals surface area contributed by atoms with Crippen LogP contribution < -0.4 is 15.4 Å². The van der Waals surface area contributed by atoms with Gasteiger partial charge in [-0.3, -0.25) is 9.59 Å². The molecule has 0 aromatic heterocycles. The van der Waals surface area contributed by atoms with Gasteiger partial charge in [0.2, 0.25) is 15.9 Å². The van der Waals surface area contributed by atoms with Gasteiger partial charge in [0.25, 0.3) is 5.91 Å². The Labute approximate surface area is 174 Å². The van der Waals surface area contributed by atoms with Crippen LogP contribution in [0.1, 0.15) is 17.3 Å². The summed E-state index contributed by atoms with van der Waals surface area (Å²) in [6.07, 6.45) is 0. The lowest BCUT2D eigenvalue weighted by atomic mass is 10.2. The second-order valence-electron chi connectivity index (χ2n) is 6.12. The van der Waals surface area contributed by atoms with Crippen LogP contribution in [-0.2, 0) is 14.8 Å². The van der Waals surface area contributed by atoms with Gasteiger partial charge in [0, 0.05) is 30.4 Å². The van der Waals surface area contributed by atoms with Crippen LogP contribution in [0.3, 0.4) is 0 Å². The fraction of sp³-hybridized carbons (Fsp3) is 0.263. The molecule has 0 aliphatic heterocycles. The molecule has 2 rings (SSSR count). The number of amides is 2. The van der Waals surface area contributed by atoms with Crippen LogP contribution in [0.2, 0.25) is 5.02 Å². The highest BCUT2D eigenvalue weighted by atomic mass is 35.5. The molecule has 0 radical (unpaired) electrons. The molecule has 0 saturated carbocycles. The van der Waals surface area contributed by atoms with E-state index in [2.05, 4.69) is 10.6 Å². The molecule has 2 N–H and O–H groups in total. The van der Waals surface area contributed by atoms with Crippen molar-refractivity contribution >= 4 is 39.1 Å². The number of nitrogens with zero attached hydrogens (tertiary/aromatic N) is 1. The number of rotatable bonds is 8. The summed E-state index contributed by atoms with van der Waals surface area (Å²) in [7, 11) is -0.970. The van der Waals surface area contributed by atoms with E-state index >= 15 is 0 Å². The standard InChI is InChI=1S/C19H22ClN3O5S/c1-4-28-16-9-8-15(11-17(16)29(26,27)23(2)3)22-18(24)12-21-19(25)13-6-5-7-14(20)10-13/h5-11H,4,12H2,1-3H3,(H,21,25)(H,22,24). The lowest BCUT2D eigenvalue weighted by molar-refractivity contribution is -0.115. The monoisotopic (exact) mass is 439 g/mol. The van der Waals surface area contributed by atoms with Gasteiger partial charge in [0.05, 0.1) is 13.2 Å². The number of benzene rings is 2. The molecule has 10 heteroatoms. The first-order valence-corrected chi connectivity index (χ1v) is 10.5. The lowest BCUT2D eigenvalue weighted by Gasteiger charge is -2.16. The molecule has 0 spiro atoms. The fourth-order valence-corrected chi connectivity index (χ4v) is 3.60. The molecule has 0 fully saturated rings. The van der Waals surface area contributed by atoms with Crippen molar-refractivity contribution in [2.75, 3.05) is 32.6 Å². The van der Waals surface area contributed by atoms with Crippen molar-refractivity contribution in [2.45, 2.75) is 11.8 Å². The SMILES string of the molecule is CCOc1ccc(NC(=O)CNC(=O)c2cccc(Cl)c2)cc1S(=O)(=O)N(C)C. The lowest BCUT2D eigenvalue weighted by Crippen LogP contribution is -2.32. The largest absolute Gasteiger partial charge is 0.492 e. The van der Waals surface area contributed by atoms with Crippen LogP contribution in [0.15, 0.2) is 47.4 Å². The highest BCUT2D eigenvalue weighted by Crippen LogP contribution is 2.29. The Balaban J connectivity index is 2.11. The summed E-state index contributed by atoms with van der Waals surface area (Å²) in [5.41, 5.74) is 0.585. The van der Waals surface area contributed by atoms with E-state index in [1.165, 1.54) is 38.4 Å². The minimum absolute atomic E-state index is 0.0647. The van der Waals surface area contributed by atoms with Crippen molar-refractivity contribution in [1.82, 2.24) is 9.62 Å². The smallest absolute Gasteiger partial charge is 0.251 e. The third-order valence-electron chi connectivity index (χ3n) is 3.78. The van der Waals surface area contributed by atoms with Crippen LogP contribution in [0, 0.1) is 0 Å². The van der Waals surface area contributed by atoms with E-state index in [1.807, 2.05) is 0 Å². The topological polar surface area (TPSA) is 105 Å². The summed E-state index contributed by atoms with van der Waals surface area (Å²) in [6.45, 7) is 1.73. The predicted molar refractivity (Wildman–Crippen MR) is 111 cm³/mol. The predicted octanol–water partition coefficient (Wildman–Crippen LogP) is 2.36. The van der Waals surface area contributed by atoms with E-state index in [0.717, 1.165) is 4.31 Å². The van der Waals surface area contributed by atoms with Gasteiger partial charge in [-0.2, -0.15) is 0 Å². The minimum Gasteiger partial charge on any atom is -0.492 e. The molecule has 0 saturated heterocycles. The first kappa shape index (κ1) is 22.7. The van der Waals surface area contributed by atoms with Crippen LogP contribution in [0.5, 0.6) is 5.75 Å². The van der Waals surface area contributed by atoms with E-state index in [9.17, 15) is 18.0 Å². The number of carbonyl (C=O) groups is 2. The average molecular weight is 440 g/mol. The number of halogens is 1. The van der Waals surface area contributed by atoms with Gasteiger partial charge >= 0.3 is 0 Å². The molecule has 0 heterocycles. The Kier molecular flexibility index (Phi) is 7.60. The van der Waals surface area contributed by atoms with Gasteiger partial charge < -0.3 is 15.4 Å². The maximum atomic E-state index is 12.5. The molecule has 2 aromatic carbocycles. The molecule has 2 aromatic rings. The van der Waals surface area contributed by atoms with E-state index in [4.69, 9.17) is 16.3 Å². The maximum Gasteiger partial charge on any atom is 0.251 e. The van der Waals surface area contributed by atoms with Gasteiger partial charge in [0.1, 0.15) is 10.6 Å². The summed E-state index contributed by atoms with van der Waals surface area (Å²) < 4.78 is 31.5. The van der Waals surface area contributed by atoms with E-state index in [0.29, 0.717) is 10.6 Å². The molecule has 0 unspecified atom stereocenters. The van der Waals surface area contributed by atoms with Crippen LogP contribution in [0.4, 0.5) is 5.69 Å². The molecule has 0 aliphatic rings. The Hall–Kier alpha value is -2.62. The summed E-state index contributed by atoms with van der Waals surface area (Å²) >= 11 is 5.85.